The van der Waals surface area contributed by atoms with Gasteiger partial charge >= 0.3 is 5.91 Å². The standard InChI is InChI=1S/C12H24NO/c1-7-9-13(10(3)4,11(5)6)12(14)8-2/h8,10-11H,2,7,9H2,1,3-6H3/q+1. The van der Waals surface area contributed by atoms with Crippen LogP contribution in [0.2, 0.25) is 0 Å². The number of hydrogen-bond donors (Lipinski definition) is 0. The van der Waals surface area contributed by atoms with Crippen LogP contribution in [0, 0.1) is 0 Å². The van der Waals surface area contributed by atoms with Crippen molar-refractivity contribution in [3.05, 3.63) is 12.7 Å². The summed E-state index contributed by atoms with van der Waals surface area (Å²) in [5.41, 5.74) is 0. The highest BCUT2D eigenvalue weighted by Gasteiger charge is 2.39. The SMILES string of the molecule is C=CC(=O)[N+](CCC)(C(C)C)C(C)C. The maximum Gasteiger partial charge on any atom is 0.338 e. The lowest BCUT2D eigenvalue weighted by Crippen LogP contribution is -2.61. The summed E-state index contributed by atoms with van der Waals surface area (Å²) in [6, 6.07) is 0.640. The molecule has 0 rings (SSSR count). The molecule has 2 heteroatoms. The van der Waals surface area contributed by atoms with Crippen LogP contribution < -0.4 is 0 Å². The van der Waals surface area contributed by atoms with Gasteiger partial charge in [-0.05, 0) is 34.1 Å². The molecule has 0 aliphatic carbocycles. The molecular weight excluding hydrogens is 174 g/mol. The molecule has 0 saturated heterocycles. The monoisotopic (exact) mass is 198 g/mol. The summed E-state index contributed by atoms with van der Waals surface area (Å²) in [5, 5.41) is 0. The fourth-order valence-corrected chi connectivity index (χ4v) is 2.27. The number of carbonyl (C=O) groups excluding carboxylic acids is 1. The average Bonchev–Trinajstić information content (AvgIpc) is 2.11. The Hall–Kier alpha value is -0.630. The highest BCUT2D eigenvalue weighted by Crippen LogP contribution is 2.21. The first-order valence-corrected chi connectivity index (χ1v) is 5.47. The van der Waals surface area contributed by atoms with Crippen molar-refractivity contribution in [3.8, 4) is 0 Å². The number of carbonyl (C=O) groups is 1. The second kappa shape index (κ2) is 5.30. The molecule has 2 nitrogen and oxygen atoms in total. The van der Waals surface area contributed by atoms with Gasteiger partial charge in [0.2, 0.25) is 0 Å². The van der Waals surface area contributed by atoms with Crippen molar-refractivity contribution < 1.29 is 9.28 Å². The van der Waals surface area contributed by atoms with Gasteiger partial charge in [-0.2, -0.15) is 0 Å². The summed E-state index contributed by atoms with van der Waals surface area (Å²) in [7, 11) is 0. The predicted octanol–water partition coefficient (Wildman–Crippen LogP) is 2.74. The Kier molecular flexibility index (Phi) is 5.06. The van der Waals surface area contributed by atoms with Crippen LogP contribution in [0.4, 0.5) is 0 Å². The van der Waals surface area contributed by atoms with Gasteiger partial charge in [0.05, 0.1) is 18.6 Å². The van der Waals surface area contributed by atoms with Crippen molar-refractivity contribution in [2.75, 3.05) is 6.54 Å². The second-order valence-corrected chi connectivity index (χ2v) is 4.38. The lowest BCUT2D eigenvalue weighted by Gasteiger charge is -2.42. The Labute approximate surface area is 88.2 Å². The average molecular weight is 198 g/mol. The van der Waals surface area contributed by atoms with Gasteiger partial charge in [-0.15, -0.1) is 0 Å². The first-order valence-electron chi connectivity index (χ1n) is 5.47. The topological polar surface area (TPSA) is 17.1 Å². The van der Waals surface area contributed by atoms with Gasteiger partial charge in [0.25, 0.3) is 0 Å². The van der Waals surface area contributed by atoms with E-state index in [0.29, 0.717) is 16.6 Å². The van der Waals surface area contributed by atoms with Crippen LogP contribution in [0.5, 0.6) is 0 Å². The second-order valence-electron chi connectivity index (χ2n) is 4.38. The van der Waals surface area contributed by atoms with E-state index in [1.54, 1.807) is 0 Å². The van der Waals surface area contributed by atoms with E-state index in [2.05, 4.69) is 41.2 Å². The molecular formula is C12H24NO+. The molecule has 0 bridgehead atoms. The Morgan fingerprint density at radius 3 is 1.93 bits per heavy atom. The third kappa shape index (κ3) is 2.24. The van der Waals surface area contributed by atoms with Crippen molar-refractivity contribution in [1.29, 1.82) is 0 Å². The van der Waals surface area contributed by atoms with E-state index in [4.69, 9.17) is 0 Å². The molecule has 0 fully saturated rings. The van der Waals surface area contributed by atoms with E-state index >= 15 is 0 Å². The first kappa shape index (κ1) is 13.4. The van der Waals surface area contributed by atoms with Crippen LogP contribution in [0.1, 0.15) is 41.0 Å². The number of hydrogen-bond acceptors (Lipinski definition) is 1. The first-order chi connectivity index (χ1) is 6.43. The highest BCUT2D eigenvalue weighted by atomic mass is 16.2. The normalized spacial score (nSPS) is 12.2. The van der Waals surface area contributed by atoms with E-state index < -0.39 is 0 Å². The van der Waals surface area contributed by atoms with Crippen molar-refractivity contribution in [2.24, 2.45) is 0 Å². The maximum absolute atomic E-state index is 12.0. The molecule has 0 aromatic rings. The van der Waals surface area contributed by atoms with Gasteiger partial charge in [0.15, 0.2) is 0 Å². The van der Waals surface area contributed by atoms with E-state index in [0.717, 1.165) is 13.0 Å². The minimum atomic E-state index is 0.150. The molecule has 0 N–H and O–H groups in total. The molecule has 0 radical (unpaired) electrons. The van der Waals surface area contributed by atoms with Crippen molar-refractivity contribution >= 4 is 5.91 Å². The number of amides is 1. The van der Waals surface area contributed by atoms with E-state index in [-0.39, 0.29) is 5.91 Å². The zero-order chi connectivity index (χ0) is 11.4. The van der Waals surface area contributed by atoms with Crippen LogP contribution in [-0.2, 0) is 4.79 Å². The van der Waals surface area contributed by atoms with Gasteiger partial charge < -0.3 is 0 Å². The molecule has 0 aromatic heterocycles. The van der Waals surface area contributed by atoms with Gasteiger partial charge in [0, 0.05) is 6.08 Å². The molecule has 0 unspecified atom stereocenters. The molecule has 0 aromatic carbocycles. The Balaban J connectivity index is 5.14. The van der Waals surface area contributed by atoms with Crippen LogP contribution in [0.25, 0.3) is 0 Å². The minimum absolute atomic E-state index is 0.150. The van der Waals surface area contributed by atoms with Gasteiger partial charge in [0.1, 0.15) is 0 Å². The fraction of sp³-hybridized carbons (Fsp3) is 0.750. The Morgan fingerprint density at radius 1 is 1.29 bits per heavy atom. The van der Waals surface area contributed by atoms with Crippen LogP contribution in [-0.4, -0.2) is 29.0 Å². The summed E-state index contributed by atoms with van der Waals surface area (Å²) in [4.78, 5) is 12.0. The van der Waals surface area contributed by atoms with E-state index in [1.807, 2.05) is 0 Å². The molecule has 0 aliphatic rings. The molecule has 0 atom stereocenters. The summed E-state index contributed by atoms with van der Waals surface area (Å²) in [6.45, 7) is 15.1. The maximum atomic E-state index is 12.0. The largest absolute Gasteiger partial charge is 0.338 e. The van der Waals surface area contributed by atoms with Crippen molar-refractivity contribution in [3.63, 3.8) is 0 Å². The van der Waals surface area contributed by atoms with Gasteiger partial charge in [-0.1, -0.05) is 13.5 Å². The van der Waals surface area contributed by atoms with Crippen molar-refractivity contribution in [2.45, 2.75) is 53.1 Å². The van der Waals surface area contributed by atoms with Crippen LogP contribution in [0.3, 0.4) is 0 Å². The molecule has 14 heavy (non-hydrogen) atoms. The molecule has 0 heterocycles. The lowest BCUT2D eigenvalue weighted by atomic mass is 10.1. The zero-order valence-corrected chi connectivity index (χ0v) is 10.2. The molecule has 0 spiro atoms. The van der Waals surface area contributed by atoms with Crippen LogP contribution in [0.15, 0.2) is 12.7 Å². The summed E-state index contributed by atoms with van der Waals surface area (Å²) < 4.78 is 0.528. The van der Waals surface area contributed by atoms with Crippen molar-refractivity contribution in [1.82, 2.24) is 0 Å². The smallest absolute Gasteiger partial charge is 0.253 e. The number of nitrogens with zero attached hydrogens (tertiary/aromatic N) is 1. The number of quaternary nitrogens is 1. The third-order valence-electron chi connectivity index (χ3n) is 3.02. The molecule has 0 saturated carbocycles. The fourth-order valence-electron chi connectivity index (χ4n) is 2.27. The third-order valence-corrected chi connectivity index (χ3v) is 3.02. The number of rotatable bonds is 5. The zero-order valence-electron chi connectivity index (χ0n) is 10.2. The van der Waals surface area contributed by atoms with E-state index in [1.165, 1.54) is 6.08 Å². The Bertz CT molecular complexity index is 198. The highest BCUT2D eigenvalue weighted by molar-refractivity contribution is 5.81. The minimum Gasteiger partial charge on any atom is -0.253 e. The molecule has 1 amide bonds. The summed E-state index contributed by atoms with van der Waals surface area (Å²) in [5.74, 6) is 0.150. The summed E-state index contributed by atoms with van der Waals surface area (Å²) in [6.07, 6.45) is 2.49. The summed E-state index contributed by atoms with van der Waals surface area (Å²) >= 11 is 0. The Morgan fingerprint density at radius 2 is 1.71 bits per heavy atom. The van der Waals surface area contributed by atoms with Gasteiger partial charge in [-0.25, -0.2) is 4.79 Å². The van der Waals surface area contributed by atoms with Gasteiger partial charge in [-0.3, -0.25) is 4.48 Å². The molecule has 0 aliphatic heterocycles. The quantitative estimate of drug-likeness (QED) is 0.490. The lowest BCUT2D eigenvalue weighted by molar-refractivity contribution is -0.894. The van der Waals surface area contributed by atoms with Crippen LogP contribution >= 0.6 is 0 Å². The predicted molar refractivity (Wildman–Crippen MR) is 60.9 cm³/mol. The molecule has 82 valence electrons. The van der Waals surface area contributed by atoms with E-state index in [9.17, 15) is 4.79 Å².